The third kappa shape index (κ3) is 2.29. The molecule has 0 fully saturated rings. The molecule has 0 aliphatic heterocycles. The van der Waals surface area contributed by atoms with Gasteiger partial charge in [0.25, 0.3) is 0 Å². The lowest BCUT2D eigenvalue weighted by Gasteiger charge is -2.36. The minimum absolute atomic E-state index is 0.253. The molecule has 0 aromatic heterocycles. The summed E-state index contributed by atoms with van der Waals surface area (Å²) >= 11 is 0. The molecule has 0 saturated carbocycles. The van der Waals surface area contributed by atoms with E-state index in [0.717, 1.165) is 18.5 Å². The van der Waals surface area contributed by atoms with Crippen LogP contribution in [0.15, 0.2) is 107 Å². The summed E-state index contributed by atoms with van der Waals surface area (Å²) in [5.74, 6) is 0. The Labute approximate surface area is 166 Å². The lowest BCUT2D eigenvalue weighted by molar-refractivity contribution is 0.694. The molecule has 1 heteroatoms. The van der Waals surface area contributed by atoms with Crippen LogP contribution in [0.5, 0.6) is 0 Å². The van der Waals surface area contributed by atoms with Gasteiger partial charge in [-0.2, -0.15) is 0 Å². The van der Waals surface area contributed by atoms with E-state index in [0.29, 0.717) is 0 Å². The highest BCUT2D eigenvalue weighted by molar-refractivity contribution is 5.94. The summed E-state index contributed by atoms with van der Waals surface area (Å²) in [5.41, 5.74) is 9.03. The van der Waals surface area contributed by atoms with Crippen molar-refractivity contribution >= 4 is 11.8 Å². The Morgan fingerprint density at radius 3 is 2.04 bits per heavy atom. The standard InChI is InChI=1S/C27H23N/c1-2-28-25-19-11-18-24-26(25)22-16-9-10-17-23(22)27(24,20-12-5-3-6-13-20)21-14-7-4-8-15-21/h2-10,12-17,19H,11,18H2,1H3. The summed E-state index contributed by atoms with van der Waals surface area (Å²) in [6.07, 6.45) is 6.29. The molecule has 3 aromatic rings. The molecule has 0 bridgehead atoms. The van der Waals surface area contributed by atoms with Crippen molar-refractivity contribution in [3.8, 4) is 0 Å². The quantitative estimate of drug-likeness (QED) is 0.469. The molecule has 2 aliphatic carbocycles. The molecule has 0 N–H and O–H groups in total. The normalized spacial score (nSPS) is 17.4. The Balaban J connectivity index is 1.93. The third-order valence-corrected chi connectivity index (χ3v) is 6.02. The van der Waals surface area contributed by atoms with Gasteiger partial charge in [0.1, 0.15) is 0 Å². The van der Waals surface area contributed by atoms with E-state index in [1.54, 1.807) is 0 Å². The second-order valence-electron chi connectivity index (χ2n) is 7.40. The first-order valence-electron chi connectivity index (χ1n) is 10.0. The Morgan fingerprint density at radius 1 is 0.786 bits per heavy atom. The Bertz CT molecular complexity index is 1060. The van der Waals surface area contributed by atoms with Crippen molar-refractivity contribution in [1.82, 2.24) is 0 Å². The molecule has 0 amide bonds. The van der Waals surface area contributed by atoms with Crippen LogP contribution in [-0.2, 0) is 5.41 Å². The summed E-state index contributed by atoms with van der Waals surface area (Å²) in [4.78, 5) is 4.76. The monoisotopic (exact) mass is 361 g/mol. The van der Waals surface area contributed by atoms with E-state index >= 15 is 0 Å². The highest BCUT2D eigenvalue weighted by Gasteiger charge is 2.48. The van der Waals surface area contributed by atoms with Gasteiger partial charge in [-0.1, -0.05) is 91.0 Å². The van der Waals surface area contributed by atoms with Crippen LogP contribution in [-0.4, -0.2) is 6.21 Å². The minimum atomic E-state index is -0.253. The van der Waals surface area contributed by atoms with Crippen LogP contribution in [0.1, 0.15) is 42.0 Å². The average molecular weight is 361 g/mol. The number of rotatable bonds is 3. The third-order valence-electron chi connectivity index (χ3n) is 6.02. The maximum absolute atomic E-state index is 4.76. The molecule has 5 rings (SSSR count). The fourth-order valence-corrected chi connectivity index (χ4v) is 5.06. The van der Waals surface area contributed by atoms with E-state index in [1.807, 2.05) is 13.1 Å². The SMILES string of the molecule is CC=NC1=CCCC2=C1c1ccccc1C2(c1ccccc1)c1ccccc1. The smallest absolute Gasteiger partial charge is 0.0677 e. The van der Waals surface area contributed by atoms with Crippen molar-refractivity contribution in [2.24, 2.45) is 4.99 Å². The molecule has 1 nitrogen and oxygen atoms in total. The Morgan fingerprint density at radius 2 is 1.39 bits per heavy atom. The largest absolute Gasteiger partial charge is 0.261 e. The summed E-state index contributed by atoms with van der Waals surface area (Å²) in [6, 6.07) is 30.8. The van der Waals surface area contributed by atoms with Crippen molar-refractivity contribution < 1.29 is 0 Å². The summed E-state index contributed by atoms with van der Waals surface area (Å²) < 4.78 is 0. The summed E-state index contributed by atoms with van der Waals surface area (Å²) in [6.45, 7) is 2.00. The van der Waals surface area contributed by atoms with E-state index in [1.165, 1.54) is 33.4 Å². The molecule has 0 radical (unpaired) electrons. The minimum Gasteiger partial charge on any atom is -0.261 e. The number of fused-ring (bicyclic) bond motifs is 2. The molecule has 3 aromatic carbocycles. The van der Waals surface area contributed by atoms with Gasteiger partial charge in [-0.25, -0.2) is 0 Å². The zero-order chi connectivity index (χ0) is 19.0. The molecule has 136 valence electrons. The average Bonchev–Trinajstić information content (AvgIpc) is 3.07. The van der Waals surface area contributed by atoms with Gasteiger partial charge in [-0.3, -0.25) is 4.99 Å². The van der Waals surface area contributed by atoms with Crippen LogP contribution in [0, 0.1) is 0 Å². The van der Waals surface area contributed by atoms with E-state index < -0.39 is 0 Å². The lowest BCUT2D eigenvalue weighted by atomic mass is 9.65. The lowest BCUT2D eigenvalue weighted by Crippen LogP contribution is -2.30. The molecule has 0 heterocycles. The van der Waals surface area contributed by atoms with E-state index in [2.05, 4.69) is 91.0 Å². The van der Waals surface area contributed by atoms with Crippen LogP contribution in [0.25, 0.3) is 5.57 Å². The van der Waals surface area contributed by atoms with Gasteiger partial charge in [0.2, 0.25) is 0 Å². The van der Waals surface area contributed by atoms with Gasteiger partial charge in [0.05, 0.1) is 11.1 Å². The maximum atomic E-state index is 4.76. The highest BCUT2D eigenvalue weighted by atomic mass is 14.7. The number of nitrogens with zero attached hydrogens (tertiary/aromatic N) is 1. The highest BCUT2D eigenvalue weighted by Crippen LogP contribution is 2.58. The zero-order valence-corrected chi connectivity index (χ0v) is 16.1. The predicted octanol–water partition coefficient (Wildman–Crippen LogP) is 6.56. The van der Waals surface area contributed by atoms with E-state index in [4.69, 9.17) is 4.99 Å². The fourth-order valence-electron chi connectivity index (χ4n) is 5.06. The van der Waals surface area contributed by atoms with Gasteiger partial charge in [-0.05, 0) is 47.6 Å². The summed E-state index contributed by atoms with van der Waals surface area (Å²) in [7, 11) is 0. The topological polar surface area (TPSA) is 12.4 Å². The van der Waals surface area contributed by atoms with Crippen molar-refractivity contribution in [3.05, 3.63) is 125 Å². The number of hydrogen-bond donors (Lipinski definition) is 0. The van der Waals surface area contributed by atoms with Crippen LogP contribution in [0.2, 0.25) is 0 Å². The number of hydrogen-bond acceptors (Lipinski definition) is 1. The van der Waals surface area contributed by atoms with Crippen molar-refractivity contribution in [3.63, 3.8) is 0 Å². The second kappa shape index (κ2) is 6.76. The Hall–Kier alpha value is -3.19. The van der Waals surface area contributed by atoms with Crippen LogP contribution in [0.3, 0.4) is 0 Å². The van der Waals surface area contributed by atoms with E-state index in [-0.39, 0.29) is 5.41 Å². The first-order chi connectivity index (χ1) is 13.9. The van der Waals surface area contributed by atoms with Gasteiger partial charge in [0.15, 0.2) is 0 Å². The van der Waals surface area contributed by atoms with Crippen LogP contribution >= 0.6 is 0 Å². The van der Waals surface area contributed by atoms with E-state index in [9.17, 15) is 0 Å². The molecule has 0 saturated heterocycles. The van der Waals surface area contributed by atoms with Crippen LogP contribution in [0.4, 0.5) is 0 Å². The molecule has 2 aliphatic rings. The molecular weight excluding hydrogens is 338 g/mol. The number of allylic oxidation sites excluding steroid dienone is 3. The molecule has 0 unspecified atom stereocenters. The van der Waals surface area contributed by atoms with Gasteiger partial charge >= 0.3 is 0 Å². The van der Waals surface area contributed by atoms with Gasteiger partial charge in [0, 0.05) is 11.8 Å². The number of benzene rings is 3. The molecular formula is C27H23N. The Kier molecular flexibility index (Phi) is 4.09. The van der Waals surface area contributed by atoms with Crippen molar-refractivity contribution in [2.45, 2.75) is 25.2 Å². The first kappa shape index (κ1) is 16.9. The molecule has 0 spiro atoms. The van der Waals surface area contributed by atoms with Crippen LogP contribution < -0.4 is 0 Å². The van der Waals surface area contributed by atoms with Gasteiger partial charge < -0.3 is 0 Å². The second-order valence-corrected chi connectivity index (χ2v) is 7.40. The summed E-state index contributed by atoms with van der Waals surface area (Å²) in [5, 5.41) is 0. The fraction of sp³-hybridized carbons (Fsp3) is 0.148. The zero-order valence-electron chi connectivity index (χ0n) is 16.1. The van der Waals surface area contributed by atoms with Crippen molar-refractivity contribution in [2.75, 3.05) is 0 Å². The molecule has 28 heavy (non-hydrogen) atoms. The number of aliphatic imine (C=N–C) groups is 1. The predicted molar refractivity (Wildman–Crippen MR) is 118 cm³/mol. The van der Waals surface area contributed by atoms with Gasteiger partial charge in [-0.15, -0.1) is 0 Å². The first-order valence-corrected chi connectivity index (χ1v) is 10.0. The molecule has 0 atom stereocenters. The maximum Gasteiger partial charge on any atom is 0.0677 e. The van der Waals surface area contributed by atoms with Crippen molar-refractivity contribution in [1.29, 1.82) is 0 Å².